The van der Waals surface area contributed by atoms with Gasteiger partial charge >= 0.3 is 0 Å². The zero-order valence-electron chi connectivity index (χ0n) is 13.2. The average molecular weight is 307 g/mol. The quantitative estimate of drug-likeness (QED) is 0.900. The van der Waals surface area contributed by atoms with Crippen molar-refractivity contribution in [2.45, 2.75) is 25.0 Å². The standard InChI is InChI=1S/C16H25N3O3/c1-21-11-9-18-10-12-22-15-5-8-19(7-4-14(15)18)16(20)13-3-2-6-17-13/h2-3,6,14-15,17H,4-5,7-12H2,1H3/t14-,15-/m0/s1. The number of carbonyl (C=O) groups is 1. The van der Waals surface area contributed by atoms with Gasteiger partial charge in [-0.05, 0) is 25.0 Å². The van der Waals surface area contributed by atoms with Crippen LogP contribution in [0.25, 0.3) is 0 Å². The molecular weight excluding hydrogens is 282 g/mol. The zero-order chi connectivity index (χ0) is 15.4. The monoisotopic (exact) mass is 307 g/mol. The maximum atomic E-state index is 12.5. The molecule has 2 aliphatic heterocycles. The van der Waals surface area contributed by atoms with E-state index in [1.807, 2.05) is 17.0 Å². The highest BCUT2D eigenvalue weighted by Gasteiger charge is 2.35. The van der Waals surface area contributed by atoms with Crippen LogP contribution in [0.3, 0.4) is 0 Å². The highest BCUT2D eigenvalue weighted by Crippen LogP contribution is 2.24. The first-order chi connectivity index (χ1) is 10.8. The Hall–Kier alpha value is -1.37. The number of morpholine rings is 1. The maximum absolute atomic E-state index is 12.5. The van der Waals surface area contributed by atoms with Gasteiger partial charge < -0.3 is 19.4 Å². The molecule has 0 aromatic carbocycles. The summed E-state index contributed by atoms with van der Waals surface area (Å²) in [4.78, 5) is 19.9. The summed E-state index contributed by atoms with van der Waals surface area (Å²) < 4.78 is 11.2. The first-order valence-corrected chi connectivity index (χ1v) is 8.07. The van der Waals surface area contributed by atoms with E-state index >= 15 is 0 Å². The number of aromatic amines is 1. The Morgan fingerprint density at radius 1 is 1.41 bits per heavy atom. The Morgan fingerprint density at radius 2 is 2.27 bits per heavy atom. The van der Waals surface area contributed by atoms with Crippen molar-refractivity contribution in [2.75, 3.05) is 46.5 Å². The van der Waals surface area contributed by atoms with Crippen LogP contribution in [-0.2, 0) is 9.47 Å². The number of fused-ring (bicyclic) bond motifs is 1. The fourth-order valence-electron chi connectivity index (χ4n) is 3.48. The lowest BCUT2D eigenvalue weighted by molar-refractivity contribution is -0.0761. The Kier molecular flexibility index (Phi) is 5.12. The number of hydrogen-bond donors (Lipinski definition) is 1. The second kappa shape index (κ2) is 7.26. The topological polar surface area (TPSA) is 57.8 Å². The van der Waals surface area contributed by atoms with E-state index in [-0.39, 0.29) is 12.0 Å². The van der Waals surface area contributed by atoms with Crippen LogP contribution in [0.15, 0.2) is 18.3 Å². The summed E-state index contributed by atoms with van der Waals surface area (Å²) in [7, 11) is 1.74. The van der Waals surface area contributed by atoms with E-state index in [0.717, 1.165) is 52.2 Å². The molecule has 2 fully saturated rings. The number of methoxy groups -OCH3 is 1. The van der Waals surface area contributed by atoms with Gasteiger partial charge in [0, 0.05) is 45.5 Å². The number of aromatic nitrogens is 1. The lowest BCUT2D eigenvalue weighted by atomic mass is 10.0. The van der Waals surface area contributed by atoms with Crippen LogP contribution in [-0.4, -0.2) is 79.3 Å². The average Bonchev–Trinajstić information content (AvgIpc) is 2.99. The van der Waals surface area contributed by atoms with E-state index in [1.165, 1.54) is 0 Å². The van der Waals surface area contributed by atoms with Crippen LogP contribution in [0, 0.1) is 0 Å². The number of rotatable bonds is 4. The zero-order valence-corrected chi connectivity index (χ0v) is 13.2. The van der Waals surface area contributed by atoms with Gasteiger partial charge in [-0.3, -0.25) is 9.69 Å². The maximum Gasteiger partial charge on any atom is 0.270 e. The van der Waals surface area contributed by atoms with Crippen molar-refractivity contribution in [1.82, 2.24) is 14.8 Å². The predicted molar refractivity (Wildman–Crippen MR) is 82.9 cm³/mol. The SMILES string of the molecule is COCCN1CCO[C@H]2CCN(C(=O)c3ccc[nH]3)CC[C@@H]21. The minimum atomic E-state index is 0.0899. The van der Waals surface area contributed by atoms with Crippen LogP contribution < -0.4 is 0 Å². The third kappa shape index (κ3) is 3.34. The molecule has 0 aliphatic carbocycles. The molecule has 6 nitrogen and oxygen atoms in total. The van der Waals surface area contributed by atoms with Crippen molar-refractivity contribution >= 4 is 5.91 Å². The first-order valence-electron chi connectivity index (χ1n) is 8.07. The summed E-state index contributed by atoms with van der Waals surface area (Å²) >= 11 is 0. The van der Waals surface area contributed by atoms with Gasteiger partial charge in [-0.1, -0.05) is 0 Å². The number of nitrogens with one attached hydrogen (secondary N) is 1. The molecule has 1 aromatic rings. The van der Waals surface area contributed by atoms with Gasteiger partial charge in [0.2, 0.25) is 0 Å². The van der Waals surface area contributed by atoms with Crippen LogP contribution in [0.1, 0.15) is 23.3 Å². The molecule has 0 bridgehead atoms. The Morgan fingerprint density at radius 3 is 3.05 bits per heavy atom. The summed E-state index contributed by atoms with van der Waals surface area (Å²) in [5, 5.41) is 0. The summed E-state index contributed by atoms with van der Waals surface area (Å²) in [5.41, 5.74) is 0.669. The van der Waals surface area contributed by atoms with Gasteiger partial charge in [0.25, 0.3) is 5.91 Å². The number of ether oxygens (including phenoxy) is 2. The van der Waals surface area contributed by atoms with Crippen LogP contribution in [0.5, 0.6) is 0 Å². The molecule has 0 radical (unpaired) electrons. The Bertz CT molecular complexity index is 477. The highest BCUT2D eigenvalue weighted by molar-refractivity contribution is 5.92. The molecule has 0 spiro atoms. The van der Waals surface area contributed by atoms with Crippen LogP contribution >= 0.6 is 0 Å². The second-order valence-electron chi connectivity index (χ2n) is 5.96. The molecule has 3 rings (SSSR count). The lowest BCUT2D eigenvalue weighted by Gasteiger charge is -2.40. The predicted octanol–water partition coefficient (Wildman–Crippen LogP) is 0.967. The Labute approximate surface area is 131 Å². The number of amides is 1. The van der Waals surface area contributed by atoms with Crippen molar-refractivity contribution in [3.05, 3.63) is 24.0 Å². The summed E-state index contributed by atoms with van der Waals surface area (Å²) in [6.45, 7) is 4.95. The van der Waals surface area contributed by atoms with Gasteiger partial charge in [0.15, 0.2) is 0 Å². The molecule has 22 heavy (non-hydrogen) atoms. The molecule has 3 heterocycles. The fraction of sp³-hybridized carbons (Fsp3) is 0.688. The summed E-state index contributed by atoms with van der Waals surface area (Å²) in [6.07, 6.45) is 3.88. The van der Waals surface area contributed by atoms with Gasteiger partial charge in [-0.15, -0.1) is 0 Å². The smallest absolute Gasteiger partial charge is 0.270 e. The lowest BCUT2D eigenvalue weighted by Crippen LogP contribution is -2.52. The number of hydrogen-bond acceptors (Lipinski definition) is 4. The molecule has 1 amide bonds. The number of likely N-dealkylation sites (tertiary alicyclic amines) is 1. The van der Waals surface area contributed by atoms with E-state index < -0.39 is 0 Å². The van der Waals surface area contributed by atoms with Gasteiger partial charge in [-0.25, -0.2) is 0 Å². The van der Waals surface area contributed by atoms with Gasteiger partial charge in [0.05, 0.1) is 19.3 Å². The molecule has 2 atom stereocenters. The van der Waals surface area contributed by atoms with Crippen molar-refractivity contribution in [2.24, 2.45) is 0 Å². The molecular formula is C16H25N3O3. The minimum absolute atomic E-state index is 0.0899. The third-order valence-electron chi connectivity index (χ3n) is 4.69. The van der Waals surface area contributed by atoms with Gasteiger partial charge in [0.1, 0.15) is 5.69 Å². The molecule has 2 aliphatic rings. The molecule has 1 aromatic heterocycles. The van der Waals surface area contributed by atoms with Crippen LogP contribution in [0.2, 0.25) is 0 Å². The molecule has 6 heteroatoms. The van der Waals surface area contributed by atoms with E-state index in [4.69, 9.17) is 9.47 Å². The number of carbonyl (C=O) groups excluding carboxylic acids is 1. The highest BCUT2D eigenvalue weighted by atomic mass is 16.5. The van der Waals surface area contributed by atoms with Crippen LogP contribution in [0.4, 0.5) is 0 Å². The Balaban J connectivity index is 1.64. The van der Waals surface area contributed by atoms with E-state index in [9.17, 15) is 4.79 Å². The van der Waals surface area contributed by atoms with Crippen molar-refractivity contribution < 1.29 is 14.3 Å². The van der Waals surface area contributed by atoms with E-state index in [1.54, 1.807) is 13.3 Å². The fourth-order valence-corrected chi connectivity index (χ4v) is 3.48. The second-order valence-corrected chi connectivity index (χ2v) is 5.96. The van der Waals surface area contributed by atoms with E-state index in [0.29, 0.717) is 11.7 Å². The number of H-pyrrole nitrogens is 1. The molecule has 1 N–H and O–H groups in total. The molecule has 0 unspecified atom stereocenters. The van der Waals surface area contributed by atoms with Crippen molar-refractivity contribution in [1.29, 1.82) is 0 Å². The number of nitrogens with zero attached hydrogens (tertiary/aromatic N) is 2. The largest absolute Gasteiger partial charge is 0.383 e. The molecule has 122 valence electrons. The van der Waals surface area contributed by atoms with E-state index in [2.05, 4.69) is 9.88 Å². The third-order valence-corrected chi connectivity index (χ3v) is 4.69. The molecule has 2 saturated heterocycles. The summed E-state index contributed by atoms with van der Waals surface area (Å²) in [6, 6.07) is 4.09. The van der Waals surface area contributed by atoms with Crippen molar-refractivity contribution in [3.63, 3.8) is 0 Å². The van der Waals surface area contributed by atoms with Crippen molar-refractivity contribution in [3.8, 4) is 0 Å². The first kappa shape index (κ1) is 15.5. The van der Waals surface area contributed by atoms with Gasteiger partial charge in [-0.2, -0.15) is 0 Å². The minimum Gasteiger partial charge on any atom is -0.383 e. The normalized spacial score (nSPS) is 26.5. The molecule has 0 saturated carbocycles. The summed E-state index contributed by atoms with van der Waals surface area (Å²) in [5.74, 6) is 0.0899.